The zero-order valence-electron chi connectivity index (χ0n) is 8.02. The summed E-state index contributed by atoms with van der Waals surface area (Å²) in [5.41, 5.74) is 4.07. The minimum Gasteiger partial charge on any atom is -0.350 e. The molecule has 0 saturated carbocycles. The second kappa shape index (κ2) is 3.49. The van der Waals surface area contributed by atoms with E-state index in [9.17, 15) is 0 Å². The van der Waals surface area contributed by atoms with Crippen molar-refractivity contribution in [3.8, 4) is 12.3 Å². The van der Waals surface area contributed by atoms with Crippen molar-refractivity contribution in [2.45, 2.75) is 33.7 Å². The van der Waals surface area contributed by atoms with E-state index in [1.807, 2.05) is 0 Å². The van der Waals surface area contributed by atoms with Crippen molar-refractivity contribution in [3.05, 3.63) is 23.0 Å². The predicted octanol–water partition coefficient (Wildman–Crippen LogP) is 2.44. The van der Waals surface area contributed by atoms with E-state index in [1.54, 1.807) is 0 Å². The van der Waals surface area contributed by atoms with Crippen molar-refractivity contribution < 1.29 is 0 Å². The first kappa shape index (κ1) is 8.93. The molecule has 1 rings (SSSR count). The van der Waals surface area contributed by atoms with Gasteiger partial charge in [0.25, 0.3) is 0 Å². The molecular weight excluding hydrogens is 146 g/mol. The number of hydrogen-bond acceptors (Lipinski definition) is 0. The third-order valence-electron chi connectivity index (χ3n) is 2.41. The molecule has 1 aromatic rings. The molecule has 0 radical (unpaired) electrons. The Kier molecular flexibility index (Phi) is 2.60. The van der Waals surface area contributed by atoms with Crippen LogP contribution in [-0.2, 0) is 6.54 Å². The highest BCUT2D eigenvalue weighted by atomic mass is 15.0. The van der Waals surface area contributed by atoms with Crippen LogP contribution in [0.4, 0.5) is 0 Å². The Morgan fingerprint density at radius 2 is 2.08 bits per heavy atom. The first-order chi connectivity index (χ1) is 5.66. The largest absolute Gasteiger partial charge is 0.350 e. The van der Waals surface area contributed by atoms with E-state index in [2.05, 4.69) is 37.5 Å². The van der Waals surface area contributed by atoms with Gasteiger partial charge in [0, 0.05) is 24.9 Å². The normalized spacial score (nSPS) is 9.83. The topological polar surface area (TPSA) is 4.93 Å². The third-order valence-corrected chi connectivity index (χ3v) is 2.41. The summed E-state index contributed by atoms with van der Waals surface area (Å²) in [6, 6.07) is 0. The van der Waals surface area contributed by atoms with Crippen molar-refractivity contribution >= 4 is 0 Å². The summed E-state index contributed by atoms with van der Waals surface area (Å²) in [5, 5.41) is 0. The molecule has 0 unspecified atom stereocenters. The van der Waals surface area contributed by atoms with Gasteiger partial charge in [0.15, 0.2) is 0 Å². The fourth-order valence-electron chi connectivity index (χ4n) is 1.35. The molecule has 0 N–H and O–H groups in total. The van der Waals surface area contributed by atoms with Crippen LogP contribution in [0.5, 0.6) is 0 Å². The zero-order valence-corrected chi connectivity index (χ0v) is 8.02. The van der Waals surface area contributed by atoms with Crippen LogP contribution in [0.1, 0.15) is 23.2 Å². The van der Waals surface area contributed by atoms with Gasteiger partial charge in [-0.15, -0.1) is 12.3 Å². The van der Waals surface area contributed by atoms with Gasteiger partial charge in [-0.2, -0.15) is 0 Å². The highest BCUT2D eigenvalue weighted by Gasteiger charge is 2.03. The highest BCUT2D eigenvalue weighted by Crippen LogP contribution is 2.14. The fraction of sp³-hybridized carbons (Fsp3) is 0.455. The van der Waals surface area contributed by atoms with Gasteiger partial charge in [0.2, 0.25) is 0 Å². The fourth-order valence-corrected chi connectivity index (χ4v) is 1.35. The van der Waals surface area contributed by atoms with Crippen molar-refractivity contribution in [2.24, 2.45) is 0 Å². The van der Waals surface area contributed by atoms with Crippen molar-refractivity contribution in [1.82, 2.24) is 4.57 Å². The maximum atomic E-state index is 5.21. The van der Waals surface area contributed by atoms with Gasteiger partial charge in [-0.05, 0) is 31.9 Å². The second-order valence-corrected chi connectivity index (χ2v) is 3.17. The molecule has 1 heteroatoms. The van der Waals surface area contributed by atoms with Crippen LogP contribution in [0, 0.1) is 33.1 Å². The molecule has 1 nitrogen and oxygen atoms in total. The summed E-state index contributed by atoms with van der Waals surface area (Å²) in [6.45, 7) is 7.36. The molecule has 0 atom stereocenters. The molecular formula is C11H15N. The number of terminal acetylenes is 1. The van der Waals surface area contributed by atoms with Crippen LogP contribution in [-0.4, -0.2) is 4.57 Å². The van der Waals surface area contributed by atoms with Gasteiger partial charge < -0.3 is 4.57 Å². The van der Waals surface area contributed by atoms with Crippen LogP contribution >= 0.6 is 0 Å². The number of hydrogen-bond donors (Lipinski definition) is 0. The zero-order chi connectivity index (χ0) is 9.14. The van der Waals surface area contributed by atoms with Crippen LogP contribution in [0.15, 0.2) is 6.20 Å². The van der Waals surface area contributed by atoms with Gasteiger partial charge in [0.1, 0.15) is 0 Å². The van der Waals surface area contributed by atoms with E-state index in [4.69, 9.17) is 6.42 Å². The number of nitrogens with zero attached hydrogens (tertiary/aromatic N) is 1. The Hall–Kier alpha value is -1.16. The van der Waals surface area contributed by atoms with E-state index < -0.39 is 0 Å². The van der Waals surface area contributed by atoms with Crippen LogP contribution in [0.2, 0.25) is 0 Å². The Morgan fingerprint density at radius 1 is 1.42 bits per heavy atom. The smallest absolute Gasteiger partial charge is 0.0331 e. The molecule has 0 spiro atoms. The van der Waals surface area contributed by atoms with Crippen molar-refractivity contribution in [2.75, 3.05) is 0 Å². The molecule has 0 amide bonds. The summed E-state index contributed by atoms with van der Waals surface area (Å²) in [4.78, 5) is 0. The van der Waals surface area contributed by atoms with Crippen molar-refractivity contribution in [3.63, 3.8) is 0 Å². The summed E-state index contributed by atoms with van der Waals surface area (Å²) < 4.78 is 2.23. The molecule has 12 heavy (non-hydrogen) atoms. The predicted molar refractivity (Wildman–Crippen MR) is 52.1 cm³/mol. The van der Waals surface area contributed by atoms with Crippen LogP contribution in [0.25, 0.3) is 0 Å². The quantitative estimate of drug-likeness (QED) is 0.587. The van der Waals surface area contributed by atoms with E-state index >= 15 is 0 Å². The van der Waals surface area contributed by atoms with Gasteiger partial charge in [0.05, 0.1) is 0 Å². The average molecular weight is 161 g/mol. The van der Waals surface area contributed by atoms with E-state index in [-0.39, 0.29) is 0 Å². The lowest BCUT2D eigenvalue weighted by Crippen LogP contribution is -1.97. The summed E-state index contributed by atoms with van der Waals surface area (Å²) in [6.07, 6.45) is 8.19. The maximum Gasteiger partial charge on any atom is 0.0331 e. The molecule has 0 aliphatic rings. The minimum atomic E-state index is 0.814. The van der Waals surface area contributed by atoms with E-state index in [1.165, 1.54) is 16.8 Å². The van der Waals surface area contributed by atoms with E-state index in [0.717, 1.165) is 13.0 Å². The first-order valence-electron chi connectivity index (χ1n) is 4.23. The monoisotopic (exact) mass is 161 g/mol. The van der Waals surface area contributed by atoms with Gasteiger partial charge in [-0.1, -0.05) is 0 Å². The summed E-state index contributed by atoms with van der Waals surface area (Å²) in [5.74, 6) is 2.65. The lowest BCUT2D eigenvalue weighted by Gasteiger charge is -2.02. The maximum absolute atomic E-state index is 5.21. The first-order valence-corrected chi connectivity index (χ1v) is 4.23. The SMILES string of the molecule is C#CCCn1cc(C)c(C)c1C. The number of aromatic nitrogens is 1. The molecule has 64 valence electrons. The Labute approximate surface area is 74.4 Å². The molecule has 0 bridgehead atoms. The molecule has 1 aromatic heterocycles. The molecule has 0 saturated heterocycles. The van der Waals surface area contributed by atoms with Gasteiger partial charge in [-0.25, -0.2) is 0 Å². The Bertz CT molecular complexity index is 312. The standard InChI is InChI=1S/C11H15N/c1-5-6-7-12-8-9(2)10(3)11(12)4/h1,8H,6-7H2,2-4H3. The molecule has 0 aromatic carbocycles. The lowest BCUT2D eigenvalue weighted by atomic mass is 10.2. The lowest BCUT2D eigenvalue weighted by molar-refractivity contribution is 0.700. The molecule has 1 heterocycles. The summed E-state index contributed by atoms with van der Waals surface area (Å²) >= 11 is 0. The Morgan fingerprint density at radius 3 is 2.50 bits per heavy atom. The van der Waals surface area contributed by atoms with Crippen LogP contribution < -0.4 is 0 Å². The number of aryl methyl sites for hydroxylation is 2. The number of rotatable bonds is 2. The summed E-state index contributed by atoms with van der Waals surface area (Å²) in [7, 11) is 0. The third kappa shape index (κ3) is 1.53. The highest BCUT2D eigenvalue weighted by molar-refractivity contribution is 5.28. The second-order valence-electron chi connectivity index (χ2n) is 3.17. The van der Waals surface area contributed by atoms with Gasteiger partial charge in [-0.3, -0.25) is 0 Å². The molecule has 0 aliphatic carbocycles. The average Bonchev–Trinajstić information content (AvgIpc) is 2.30. The molecule has 0 aliphatic heterocycles. The van der Waals surface area contributed by atoms with Crippen molar-refractivity contribution in [1.29, 1.82) is 0 Å². The Balaban J connectivity index is 2.87. The van der Waals surface area contributed by atoms with Crippen LogP contribution in [0.3, 0.4) is 0 Å². The van der Waals surface area contributed by atoms with E-state index in [0.29, 0.717) is 0 Å². The van der Waals surface area contributed by atoms with Gasteiger partial charge >= 0.3 is 0 Å². The minimum absolute atomic E-state index is 0.814. The molecule has 0 fully saturated rings.